The second kappa shape index (κ2) is 5.26. The summed E-state index contributed by atoms with van der Waals surface area (Å²) in [5, 5.41) is 9.69. The first-order valence-electron chi connectivity index (χ1n) is 5.14. The van der Waals surface area contributed by atoms with Crippen LogP contribution in [0.15, 0.2) is 30.3 Å². The maximum absolute atomic E-state index is 9.69. The standard InChI is InChI=1S/C12H20NO2/c1-13(2,3)9-10-15-12(14)11-7-5-4-6-8-11/h4-8,12,14H,9-10H2,1-3H3/q+1. The Kier molecular flexibility index (Phi) is 4.27. The number of aliphatic hydroxyl groups excluding tert-OH is 1. The van der Waals surface area contributed by atoms with Crippen molar-refractivity contribution >= 4 is 0 Å². The molecule has 0 fully saturated rings. The zero-order valence-corrected chi connectivity index (χ0v) is 9.68. The number of nitrogens with zero attached hydrogens (tertiary/aromatic N) is 1. The number of quaternary nitrogens is 1. The summed E-state index contributed by atoms with van der Waals surface area (Å²) in [7, 11) is 6.29. The van der Waals surface area contributed by atoms with Crippen LogP contribution >= 0.6 is 0 Å². The molecule has 0 amide bonds. The summed E-state index contributed by atoms with van der Waals surface area (Å²) in [6.45, 7) is 1.43. The smallest absolute Gasteiger partial charge is 0.181 e. The van der Waals surface area contributed by atoms with E-state index >= 15 is 0 Å². The Balaban J connectivity index is 2.34. The predicted molar refractivity (Wildman–Crippen MR) is 60.3 cm³/mol. The lowest BCUT2D eigenvalue weighted by molar-refractivity contribution is -0.871. The molecule has 0 bridgehead atoms. The minimum Gasteiger partial charge on any atom is -0.364 e. The Morgan fingerprint density at radius 3 is 2.33 bits per heavy atom. The highest BCUT2D eigenvalue weighted by molar-refractivity contribution is 5.15. The van der Waals surface area contributed by atoms with Gasteiger partial charge in [0.05, 0.1) is 27.7 Å². The molecule has 1 unspecified atom stereocenters. The van der Waals surface area contributed by atoms with Gasteiger partial charge in [-0.05, 0) is 0 Å². The van der Waals surface area contributed by atoms with Crippen LogP contribution in [0.3, 0.4) is 0 Å². The fraction of sp³-hybridized carbons (Fsp3) is 0.500. The summed E-state index contributed by atoms with van der Waals surface area (Å²) in [5.41, 5.74) is 0.805. The van der Waals surface area contributed by atoms with Crippen molar-refractivity contribution in [3.05, 3.63) is 35.9 Å². The van der Waals surface area contributed by atoms with Crippen molar-refractivity contribution in [3.63, 3.8) is 0 Å². The first kappa shape index (κ1) is 12.2. The summed E-state index contributed by atoms with van der Waals surface area (Å²) in [5.74, 6) is 0. The summed E-state index contributed by atoms with van der Waals surface area (Å²) in [6, 6.07) is 9.42. The van der Waals surface area contributed by atoms with Crippen molar-refractivity contribution in [2.24, 2.45) is 0 Å². The molecule has 0 aromatic heterocycles. The fourth-order valence-corrected chi connectivity index (χ4v) is 1.15. The van der Waals surface area contributed by atoms with Crippen molar-refractivity contribution in [2.75, 3.05) is 34.3 Å². The van der Waals surface area contributed by atoms with Gasteiger partial charge in [0.1, 0.15) is 6.54 Å². The van der Waals surface area contributed by atoms with Crippen LogP contribution in [0.1, 0.15) is 11.9 Å². The van der Waals surface area contributed by atoms with Gasteiger partial charge in [0.15, 0.2) is 6.29 Å². The molecule has 3 nitrogen and oxygen atoms in total. The molecular weight excluding hydrogens is 190 g/mol. The molecule has 0 aliphatic carbocycles. The second-order valence-electron chi connectivity index (χ2n) is 4.65. The third-order valence-electron chi connectivity index (χ3n) is 2.12. The van der Waals surface area contributed by atoms with Crippen molar-refractivity contribution in [3.8, 4) is 0 Å². The van der Waals surface area contributed by atoms with Crippen molar-refractivity contribution < 1.29 is 14.3 Å². The Morgan fingerprint density at radius 1 is 1.20 bits per heavy atom. The van der Waals surface area contributed by atoms with Crippen molar-refractivity contribution in [1.82, 2.24) is 0 Å². The van der Waals surface area contributed by atoms with E-state index < -0.39 is 6.29 Å². The van der Waals surface area contributed by atoms with Gasteiger partial charge in [0.25, 0.3) is 0 Å². The third-order valence-corrected chi connectivity index (χ3v) is 2.12. The van der Waals surface area contributed by atoms with Crippen LogP contribution in [-0.4, -0.2) is 43.9 Å². The van der Waals surface area contributed by atoms with Gasteiger partial charge < -0.3 is 14.3 Å². The summed E-state index contributed by atoms with van der Waals surface area (Å²) in [6.07, 6.45) is -0.808. The van der Waals surface area contributed by atoms with E-state index in [1.165, 1.54) is 0 Å². The maximum Gasteiger partial charge on any atom is 0.181 e. The normalized spacial score (nSPS) is 13.9. The van der Waals surface area contributed by atoms with E-state index in [0.29, 0.717) is 6.61 Å². The Labute approximate surface area is 91.5 Å². The lowest BCUT2D eigenvalue weighted by atomic mass is 10.2. The molecule has 0 saturated heterocycles. The highest BCUT2D eigenvalue weighted by Gasteiger charge is 2.10. The number of hydrogen-bond donors (Lipinski definition) is 1. The molecule has 1 aromatic rings. The van der Waals surface area contributed by atoms with E-state index in [4.69, 9.17) is 4.74 Å². The highest BCUT2D eigenvalue weighted by Crippen LogP contribution is 2.13. The number of hydrogen-bond acceptors (Lipinski definition) is 2. The lowest BCUT2D eigenvalue weighted by Gasteiger charge is -2.24. The van der Waals surface area contributed by atoms with Crippen LogP contribution in [0, 0.1) is 0 Å². The number of rotatable bonds is 5. The summed E-state index contributed by atoms with van der Waals surface area (Å²) < 4.78 is 6.18. The molecule has 84 valence electrons. The Morgan fingerprint density at radius 2 is 1.80 bits per heavy atom. The topological polar surface area (TPSA) is 29.5 Å². The summed E-state index contributed by atoms with van der Waals surface area (Å²) >= 11 is 0. The molecule has 15 heavy (non-hydrogen) atoms. The molecule has 1 rings (SSSR count). The lowest BCUT2D eigenvalue weighted by Crippen LogP contribution is -2.37. The van der Waals surface area contributed by atoms with Gasteiger partial charge in [-0.25, -0.2) is 0 Å². The average Bonchev–Trinajstić information content (AvgIpc) is 2.17. The van der Waals surface area contributed by atoms with Crippen LogP contribution in [0.2, 0.25) is 0 Å². The first-order valence-corrected chi connectivity index (χ1v) is 5.14. The van der Waals surface area contributed by atoms with E-state index in [1.807, 2.05) is 30.3 Å². The molecule has 0 spiro atoms. The molecule has 1 atom stereocenters. The zero-order valence-electron chi connectivity index (χ0n) is 9.68. The van der Waals surface area contributed by atoms with Gasteiger partial charge in [-0.15, -0.1) is 0 Å². The number of benzene rings is 1. The van der Waals surface area contributed by atoms with E-state index in [9.17, 15) is 5.11 Å². The molecule has 1 N–H and O–H groups in total. The highest BCUT2D eigenvalue weighted by atomic mass is 16.6. The van der Waals surface area contributed by atoms with Crippen molar-refractivity contribution in [2.45, 2.75) is 6.29 Å². The van der Waals surface area contributed by atoms with E-state index in [0.717, 1.165) is 16.6 Å². The Bertz CT molecular complexity index is 279. The van der Waals surface area contributed by atoms with Gasteiger partial charge in [0, 0.05) is 5.56 Å². The van der Waals surface area contributed by atoms with E-state index in [2.05, 4.69) is 21.1 Å². The predicted octanol–water partition coefficient (Wildman–Crippen LogP) is 1.40. The molecule has 0 aliphatic heterocycles. The second-order valence-corrected chi connectivity index (χ2v) is 4.65. The molecular formula is C12H20NO2+. The molecule has 3 heteroatoms. The SMILES string of the molecule is C[N+](C)(C)CCOC(O)c1ccccc1. The van der Waals surface area contributed by atoms with Crippen LogP contribution in [0.4, 0.5) is 0 Å². The monoisotopic (exact) mass is 210 g/mol. The number of aliphatic hydroxyl groups is 1. The number of ether oxygens (including phenoxy) is 1. The largest absolute Gasteiger partial charge is 0.364 e. The van der Waals surface area contributed by atoms with Crippen LogP contribution < -0.4 is 0 Å². The van der Waals surface area contributed by atoms with Gasteiger partial charge in [-0.3, -0.25) is 0 Å². The molecule has 0 saturated carbocycles. The van der Waals surface area contributed by atoms with Gasteiger partial charge in [0.2, 0.25) is 0 Å². The zero-order chi connectivity index (χ0) is 11.3. The summed E-state index contributed by atoms with van der Waals surface area (Å²) in [4.78, 5) is 0. The van der Waals surface area contributed by atoms with Gasteiger partial charge in [-0.1, -0.05) is 30.3 Å². The van der Waals surface area contributed by atoms with Crippen LogP contribution in [0.25, 0.3) is 0 Å². The van der Waals surface area contributed by atoms with Crippen molar-refractivity contribution in [1.29, 1.82) is 0 Å². The number of likely N-dealkylation sites (N-methyl/N-ethyl adjacent to an activating group) is 1. The first-order chi connectivity index (χ1) is 6.99. The van der Waals surface area contributed by atoms with E-state index in [-0.39, 0.29) is 0 Å². The molecule has 0 aliphatic rings. The van der Waals surface area contributed by atoms with E-state index in [1.54, 1.807) is 0 Å². The van der Waals surface area contributed by atoms with Crippen LogP contribution in [0.5, 0.6) is 0 Å². The fourth-order valence-electron chi connectivity index (χ4n) is 1.15. The third kappa shape index (κ3) is 4.93. The molecule has 0 heterocycles. The van der Waals surface area contributed by atoms with Crippen LogP contribution in [-0.2, 0) is 4.74 Å². The van der Waals surface area contributed by atoms with Gasteiger partial charge in [-0.2, -0.15) is 0 Å². The maximum atomic E-state index is 9.69. The average molecular weight is 210 g/mol. The minimum absolute atomic E-state index is 0.555. The molecule has 0 radical (unpaired) electrons. The van der Waals surface area contributed by atoms with Gasteiger partial charge >= 0.3 is 0 Å². The quantitative estimate of drug-likeness (QED) is 0.588. The Hall–Kier alpha value is -0.900. The minimum atomic E-state index is -0.808. The molecule has 1 aromatic carbocycles.